The van der Waals surface area contributed by atoms with E-state index in [2.05, 4.69) is 15.1 Å². The summed E-state index contributed by atoms with van der Waals surface area (Å²) in [5.74, 6) is 2.00. The molecule has 5 nitrogen and oxygen atoms in total. The monoisotopic (exact) mass is 223 g/mol. The lowest BCUT2D eigenvalue weighted by molar-refractivity contribution is 0.170. The van der Waals surface area contributed by atoms with E-state index in [4.69, 9.17) is 4.42 Å². The summed E-state index contributed by atoms with van der Waals surface area (Å²) < 4.78 is 5.64. The molecule has 1 aromatic rings. The largest absolute Gasteiger partial charge is 0.424 e. The van der Waals surface area contributed by atoms with E-state index in [9.17, 15) is 5.11 Å². The predicted molar refractivity (Wildman–Crippen MR) is 56.8 cm³/mol. The first kappa shape index (κ1) is 10.2. The molecular weight excluding hydrogens is 206 g/mol. The molecule has 0 unspecified atom stereocenters. The smallest absolute Gasteiger partial charge is 0.230 e. The average Bonchev–Trinajstić information content (AvgIpc) is 2.74. The van der Waals surface area contributed by atoms with Gasteiger partial charge in [0.05, 0.1) is 12.6 Å². The number of β-amino-alcohol motifs (C(OH)–C–C–N with tert-alkyl or cyclic N) is 1. The van der Waals surface area contributed by atoms with E-state index < -0.39 is 0 Å². The zero-order valence-corrected chi connectivity index (χ0v) is 9.30. The van der Waals surface area contributed by atoms with Crippen molar-refractivity contribution in [2.75, 3.05) is 13.1 Å². The molecule has 0 spiro atoms. The van der Waals surface area contributed by atoms with Gasteiger partial charge in [0.15, 0.2) is 0 Å². The molecule has 3 rings (SSSR count). The van der Waals surface area contributed by atoms with Gasteiger partial charge in [0.25, 0.3) is 0 Å². The lowest BCUT2D eigenvalue weighted by Crippen LogP contribution is -2.21. The van der Waals surface area contributed by atoms with Gasteiger partial charge in [-0.05, 0) is 19.3 Å². The van der Waals surface area contributed by atoms with Gasteiger partial charge >= 0.3 is 0 Å². The zero-order chi connectivity index (χ0) is 11.0. The maximum Gasteiger partial charge on any atom is 0.230 e. The van der Waals surface area contributed by atoms with Crippen LogP contribution in [0.1, 0.15) is 43.4 Å². The Morgan fingerprint density at radius 3 is 2.81 bits per heavy atom. The van der Waals surface area contributed by atoms with Crippen LogP contribution in [-0.4, -0.2) is 39.4 Å². The number of hydrogen-bond acceptors (Lipinski definition) is 5. The zero-order valence-electron chi connectivity index (χ0n) is 9.30. The van der Waals surface area contributed by atoms with E-state index in [1.807, 2.05) is 0 Å². The van der Waals surface area contributed by atoms with Crippen LogP contribution in [0, 0.1) is 0 Å². The van der Waals surface area contributed by atoms with E-state index in [0.29, 0.717) is 18.4 Å². The van der Waals surface area contributed by atoms with Gasteiger partial charge in [0.1, 0.15) is 0 Å². The summed E-state index contributed by atoms with van der Waals surface area (Å²) in [5.41, 5.74) is 0. The number of aliphatic hydroxyl groups excluding tert-OH is 1. The van der Waals surface area contributed by atoms with Crippen LogP contribution in [0.3, 0.4) is 0 Å². The van der Waals surface area contributed by atoms with Crippen molar-refractivity contribution in [3.05, 3.63) is 11.8 Å². The molecule has 1 atom stereocenters. The summed E-state index contributed by atoms with van der Waals surface area (Å²) in [6.45, 7) is 2.32. The van der Waals surface area contributed by atoms with Crippen LogP contribution in [0.25, 0.3) is 0 Å². The van der Waals surface area contributed by atoms with Gasteiger partial charge in [-0.1, -0.05) is 6.42 Å². The number of likely N-dealkylation sites (tertiary alicyclic amines) is 1. The Bertz CT molecular complexity index is 362. The second kappa shape index (κ2) is 4.14. The molecule has 1 N–H and O–H groups in total. The second-order valence-electron chi connectivity index (χ2n) is 4.84. The highest BCUT2D eigenvalue weighted by atomic mass is 16.4. The number of rotatable bonds is 3. The highest BCUT2D eigenvalue weighted by Crippen LogP contribution is 2.35. The maximum absolute atomic E-state index is 9.41. The second-order valence-corrected chi connectivity index (χ2v) is 4.84. The summed E-state index contributed by atoms with van der Waals surface area (Å²) in [6.07, 6.45) is 4.31. The molecule has 0 aromatic carbocycles. The van der Waals surface area contributed by atoms with Crippen molar-refractivity contribution in [1.29, 1.82) is 0 Å². The lowest BCUT2D eigenvalue weighted by atomic mass is 9.85. The molecule has 1 aliphatic heterocycles. The van der Waals surface area contributed by atoms with E-state index in [-0.39, 0.29) is 6.10 Å². The third kappa shape index (κ3) is 1.97. The van der Waals surface area contributed by atoms with Crippen molar-refractivity contribution >= 4 is 0 Å². The van der Waals surface area contributed by atoms with Gasteiger partial charge in [0.2, 0.25) is 11.8 Å². The number of hydrogen-bond donors (Lipinski definition) is 1. The Labute approximate surface area is 94.5 Å². The lowest BCUT2D eigenvalue weighted by Gasteiger charge is -2.20. The Morgan fingerprint density at radius 1 is 1.31 bits per heavy atom. The maximum atomic E-state index is 9.41. The molecule has 0 radical (unpaired) electrons. The van der Waals surface area contributed by atoms with Crippen molar-refractivity contribution in [3.8, 4) is 0 Å². The van der Waals surface area contributed by atoms with Crippen LogP contribution in [-0.2, 0) is 6.54 Å². The third-order valence-electron chi connectivity index (χ3n) is 3.54. The Kier molecular flexibility index (Phi) is 2.65. The molecule has 0 bridgehead atoms. The van der Waals surface area contributed by atoms with Crippen molar-refractivity contribution in [2.24, 2.45) is 0 Å². The molecule has 1 aliphatic carbocycles. The van der Waals surface area contributed by atoms with Crippen LogP contribution >= 0.6 is 0 Å². The van der Waals surface area contributed by atoms with Gasteiger partial charge in [-0.15, -0.1) is 10.2 Å². The molecular formula is C11H17N3O2. The fourth-order valence-electron chi connectivity index (χ4n) is 2.30. The number of aromatic nitrogens is 2. The first-order valence-corrected chi connectivity index (χ1v) is 6.04. The quantitative estimate of drug-likeness (QED) is 0.825. The van der Waals surface area contributed by atoms with Crippen LogP contribution in [0.2, 0.25) is 0 Å². The van der Waals surface area contributed by atoms with E-state index in [1.165, 1.54) is 19.3 Å². The minimum Gasteiger partial charge on any atom is -0.424 e. The molecule has 5 heteroatoms. The van der Waals surface area contributed by atoms with Crippen LogP contribution in [0.5, 0.6) is 0 Å². The van der Waals surface area contributed by atoms with E-state index >= 15 is 0 Å². The number of nitrogens with zero attached hydrogens (tertiary/aromatic N) is 3. The molecule has 2 heterocycles. The summed E-state index contributed by atoms with van der Waals surface area (Å²) in [6, 6.07) is 0. The first-order chi connectivity index (χ1) is 7.81. The van der Waals surface area contributed by atoms with Crippen molar-refractivity contribution in [2.45, 2.75) is 44.2 Å². The first-order valence-electron chi connectivity index (χ1n) is 6.04. The fourth-order valence-corrected chi connectivity index (χ4v) is 2.30. The average molecular weight is 223 g/mol. The van der Waals surface area contributed by atoms with Gasteiger partial charge in [-0.25, -0.2) is 0 Å². The van der Waals surface area contributed by atoms with Gasteiger partial charge in [-0.3, -0.25) is 4.90 Å². The summed E-state index contributed by atoms with van der Waals surface area (Å²) in [7, 11) is 0. The minimum absolute atomic E-state index is 0.186. The molecule has 2 aliphatic rings. The van der Waals surface area contributed by atoms with Crippen molar-refractivity contribution in [1.82, 2.24) is 15.1 Å². The minimum atomic E-state index is -0.186. The highest BCUT2D eigenvalue weighted by molar-refractivity contribution is 4.96. The standard InChI is InChI=1S/C11H17N3O2/c15-9-4-5-14(6-9)7-10-12-13-11(16-10)8-2-1-3-8/h8-9,15H,1-7H2/t9-/m0/s1. The van der Waals surface area contributed by atoms with Gasteiger partial charge < -0.3 is 9.52 Å². The van der Waals surface area contributed by atoms with Gasteiger partial charge in [-0.2, -0.15) is 0 Å². The molecule has 1 saturated carbocycles. The normalized spacial score (nSPS) is 27.2. The molecule has 1 aromatic heterocycles. The van der Waals surface area contributed by atoms with Crippen molar-refractivity contribution < 1.29 is 9.52 Å². The summed E-state index contributed by atoms with van der Waals surface area (Å²) in [4.78, 5) is 2.16. The van der Waals surface area contributed by atoms with Crippen molar-refractivity contribution in [3.63, 3.8) is 0 Å². The predicted octanol–water partition coefficient (Wildman–Crippen LogP) is 0.904. The number of aliphatic hydroxyl groups is 1. The fraction of sp³-hybridized carbons (Fsp3) is 0.818. The van der Waals surface area contributed by atoms with Crippen LogP contribution < -0.4 is 0 Å². The Hall–Kier alpha value is -0.940. The molecule has 1 saturated heterocycles. The molecule has 0 amide bonds. The topological polar surface area (TPSA) is 62.4 Å². The van der Waals surface area contributed by atoms with E-state index in [0.717, 1.165) is 25.4 Å². The SMILES string of the molecule is O[C@H]1CCN(Cc2nnc(C3CCC3)o2)C1. The van der Waals surface area contributed by atoms with Gasteiger partial charge in [0, 0.05) is 19.0 Å². The molecule has 2 fully saturated rings. The highest BCUT2D eigenvalue weighted by Gasteiger charge is 2.26. The summed E-state index contributed by atoms with van der Waals surface area (Å²) in [5, 5.41) is 17.6. The van der Waals surface area contributed by atoms with Crippen LogP contribution in [0.15, 0.2) is 4.42 Å². The van der Waals surface area contributed by atoms with E-state index in [1.54, 1.807) is 0 Å². The Morgan fingerprint density at radius 2 is 2.19 bits per heavy atom. The summed E-state index contributed by atoms with van der Waals surface area (Å²) >= 11 is 0. The molecule has 16 heavy (non-hydrogen) atoms. The molecule has 88 valence electrons. The Balaban J connectivity index is 1.59. The third-order valence-corrected chi connectivity index (χ3v) is 3.54. The van der Waals surface area contributed by atoms with Crippen LogP contribution in [0.4, 0.5) is 0 Å².